The fraction of sp³-hybridized carbons (Fsp3) is 0.188. The number of carboxylic acids is 1. The summed E-state index contributed by atoms with van der Waals surface area (Å²) in [6.07, 6.45) is 1.16. The van der Waals surface area contributed by atoms with Crippen molar-refractivity contribution in [3.8, 4) is 11.1 Å². The minimum Gasteiger partial charge on any atom is -0.335 e. The number of hydrogen-bond acceptors (Lipinski definition) is 2. The van der Waals surface area contributed by atoms with Crippen molar-refractivity contribution in [3.63, 3.8) is 0 Å². The zero-order valence-electron chi connectivity index (χ0n) is 11.9. The average molecular weight is 305 g/mol. The molecule has 2 aromatic rings. The van der Waals surface area contributed by atoms with Crippen LogP contribution in [-0.2, 0) is 15.6 Å². The molecular weight excluding hydrogens is 288 g/mol. The summed E-state index contributed by atoms with van der Waals surface area (Å²) in [4.78, 5) is 9.19. The Kier molecular flexibility index (Phi) is 4.14. The first-order valence-corrected chi connectivity index (χ1v) is 8.46. The van der Waals surface area contributed by atoms with Gasteiger partial charge in [-0.3, -0.25) is 0 Å². The largest absolute Gasteiger partial charge is 0.515 e. The lowest BCUT2D eigenvalue weighted by molar-refractivity contribution is 0.463. The van der Waals surface area contributed by atoms with E-state index >= 15 is 0 Å². The molecule has 2 N–H and O–H groups in total. The number of rotatable bonds is 4. The Hall–Kier alpha value is -2.14. The van der Waals surface area contributed by atoms with Gasteiger partial charge in [0, 0.05) is 6.26 Å². The predicted molar refractivity (Wildman–Crippen MR) is 83.8 cm³/mol. The standard InChI is InChI=1S/C16H16O4S/c1-11-5-3-4-6-14(11)15-8-7-12(16(17)18)9-13(15)10-21(2,19)20/h3-9H,10H2,1-2H3,(H,17,18)/p+1. The molecule has 0 heterocycles. The number of aliphatic hydroxyl groups excluding tert-OH is 1. The Morgan fingerprint density at radius 3 is 2.38 bits per heavy atom. The molecule has 2 rings (SSSR count). The lowest BCUT2D eigenvalue weighted by Gasteiger charge is -2.12. The summed E-state index contributed by atoms with van der Waals surface area (Å²) in [7, 11) is -3.24. The van der Waals surface area contributed by atoms with Gasteiger partial charge in [-0.25, -0.2) is 8.42 Å². The van der Waals surface area contributed by atoms with Gasteiger partial charge in [0.2, 0.25) is 0 Å². The normalized spacial score (nSPS) is 11.3. The van der Waals surface area contributed by atoms with Crippen LogP contribution >= 0.6 is 0 Å². The van der Waals surface area contributed by atoms with Crippen LogP contribution in [0.4, 0.5) is 0 Å². The molecular formula is C16H17O4S+. The first-order chi connectivity index (χ1) is 9.78. The Morgan fingerprint density at radius 2 is 1.81 bits per heavy atom. The minimum absolute atomic E-state index is 0.155. The van der Waals surface area contributed by atoms with Crippen LogP contribution < -0.4 is 0 Å². The van der Waals surface area contributed by atoms with Gasteiger partial charge in [-0.15, -0.1) is 0 Å². The lowest BCUT2D eigenvalue weighted by atomic mass is 9.95. The quantitative estimate of drug-likeness (QED) is 0.882. The van der Waals surface area contributed by atoms with Crippen LogP contribution in [0.25, 0.3) is 11.1 Å². The van der Waals surface area contributed by atoms with Crippen molar-refractivity contribution < 1.29 is 18.3 Å². The van der Waals surface area contributed by atoms with E-state index in [0.717, 1.165) is 22.9 Å². The zero-order chi connectivity index (χ0) is 15.6. The molecule has 0 aliphatic heterocycles. The summed E-state index contributed by atoms with van der Waals surface area (Å²) in [5, 5.41) is 9.19. The molecule has 5 heteroatoms. The van der Waals surface area contributed by atoms with Crippen molar-refractivity contribution in [1.29, 1.82) is 0 Å². The molecule has 0 unspecified atom stereocenters. The van der Waals surface area contributed by atoms with Crippen molar-refractivity contribution >= 4 is 15.8 Å². The second kappa shape index (κ2) is 5.69. The Bertz CT molecular complexity index is 792. The SMILES string of the molecule is Cc1ccccc1-c1ccc(C(O)=[OH+])cc1CS(C)(=O)=O. The molecule has 0 atom stereocenters. The van der Waals surface area contributed by atoms with E-state index in [1.807, 2.05) is 31.2 Å². The summed E-state index contributed by atoms with van der Waals surface area (Å²) in [5.41, 5.74) is 3.48. The highest BCUT2D eigenvalue weighted by Gasteiger charge is 2.17. The van der Waals surface area contributed by atoms with Gasteiger partial charge in [0.25, 0.3) is 0 Å². The molecule has 0 aromatic heterocycles. The van der Waals surface area contributed by atoms with Crippen LogP contribution in [0.1, 0.15) is 16.7 Å². The first kappa shape index (κ1) is 15.3. The smallest absolute Gasteiger partial charge is 0.335 e. The predicted octanol–water partition coefficient (Wildman–Crippen LogP) is 2.62. The highest BCUT2D eigenvalue weighted by atomic mass is 32.2. The van der Waals surface area contributed by atoms with E-state index in [-0.39, 0.29) is 11.3 Å². The average Bonchev–Trinajstić information content (AvgIpc) is 2.37. The molecule has 4 nitrogen and oxygen atoms in total. The third-order valence-electron chi connectivity index (χ3n) is 3.22. The van der Waals surface area contributed by atoms with Gasteiger partial charge in [-0.1, -0.05) is 30.3 Å². The van der Waals surface area contributed by atoms with Crippen molar-refractivity contribution in [1.82, 2.24) is 0 Å². The molecule has 21 heavy (non-hydrogen) atoms. The van der Waals surface area contributed by atoms with Gasteiger partial charge in [0.15, 0.2) is 9.84 Å². The van der Waals surface area contributed by atoms with Crippen LogP contribution in [-0.4, -0.2) is 30.5 Å². The number of sulfone groups is 1. The molecule has 0 aliphatic carbocycles. The van der Waals surface area contributed by atoms with Crippen molar-refractivity contribution in [2.24, 2.45) is 0 Å². The van der Waals surface area contributed by atoms with E-state index in [9.17, 15) is 18.3 Å². The molecule has 0 aliphatic rings. The van der Waals surface area contributed by atoms with Gasteiger partial charge in [-0.05, 0) is 41.3 Å². The highest BCUT2D eigenvalue weighted by Crippen LogP contribution is 2.28. The topological polar surface area (TPSA) is 75.8 Å². The van der Waals surface area contributed by atoms with E-state index in [2.05, 4.69) is 0 Å². The van der Waals surface area contributed by atoms with Gasteiger partial charge < -0.3 is 9.90 Å². The van der Waals surface area contributed by atoms with Gasteiger partial charge in [0.1, 0.15) is 5.56 Å². The summed E-state index contributed by atoms with van der Waals surface area (Å²) < 4.78 is 23.2. The summed E-state index contributed by atoms with van der Waals surface area (Å²) in [6.45, 7) is 1.95. The Labute approximate surface area is 124 Å². The first-order valence-electron chi connectivity index (χ1n) is 6.40. The molecule has 2 aromatic carbocycles. The molecule has 0 bridgehead atoms. The number of hydrogen-bond donors (Lipinski definition) is 1. The lowest BCUT2D eigenvalue weighted by Crippen LogP contribution is -2.06. The maximum absolute atomic E-state index is 11.6. The fourth-order valence-corrected chi connectivity index (χ4v) is 3.08. The van der Waals surface area contributed by atoms with Gasteiger partial charge in [-0.2, -0.15) is 0 Å². The molecule has 0 radical (unpaired) electrons. The maximum Gasteiger partial charge on any atom is 0.515 e. The van der Waals surface area contributed by atoms with E-state index < -0.39 is 15.8 Å². The van der Waals surface area contributed by atoms with Crippen molar-refractivity contribution in [2.45, 2.75) is 12.7 Å². The van der Waals surface area contributed by atoms with Crippen LogP contribution in [0.2, 0.25) is 0 Å². The molecule has 0 amide bonds. The molecule has 0 saturated carbocycles. The monoisotopic (exact) mass is 305 g/mol. The second-order valence-corrected chi connectivity index (χ2v) is 7.22. The van der Waals surface area contributed by atoms with Crippen LogP contribution in [0.5, 0.6) is 0 Å². The van der Waals surface area contributed by atoms with E-state index in [1.54, 1.807) is 12.1 Å². The van der Waals surface area contributed by atoms with Crippen LogP contribution in [0, 0.1) is 6.92 Å². The van der Waals surface area contributed by atoms with Crippen molar-refractivity contribution in [2.75, 3.05) is 6.26 Å². The summed E-state index contributed by atoms with van der Waals surface area (Å²) in [5.74, 6) is -0.973. The summed E-state index contributed by atoms with van der Waals surface area (Å²) in [6, 6.07) is 12.4. The van der Waals surface area contributed by atoms with E-state index in [1.165, 1.54) is 6.07 Å². The number of benzene rings is 2. The Morgan fingerprint density at radius 1 is 1.14 bits per heavy atom. The number of carboxylic acid groups (broad SMARTS) is 1. The molecule has 0 spiro atoms. The van der Waals surface area contributed by atoms with E-state index in [4.69, 9.17) is 0 Å². The molecule has 110 valence electrons. The second-order valence-electron chi connectivity index (χ2n) is 5.08. The fourth-order valence-electron chi connectivity index (χ4n) is 2.27. The minimum atomic E-state index is -3.24. The molecule has 0 fully saturated rings. The number of aryl methyl sites for hydroxylation is 1. The Balaban J connectivity index is 2.65. The number of aromatic carboxylic acids is 1. The van der Waals surface area contributed by atoms with E-state index in [0.29, 0.717) is 5.56 Å². The van der Waals surface area contributed by atoms with Gasteiger partial charge >= 0.3 is 5.97 Å². The third-order valence-corrected chi connectivity index (χ3v) is 4.05. The van der Waals surface area contributed by atoms with Crippen molar-refractivity contribution in [3.05, 3.63) is 59.2 Å². The summed E-state index contributed by atoms with van der Waals surface area (Å²) >= 11 is 0. The maximum atomic E-state index is 11.6. The molecule has 0 saturated heterocycles. The van der Waals surface area contributed by atoms with Crippen LogP contribution in [0.3, 0.4) is 0 Å². The van der Waals surface area contributed by atoms with Crippen LogP contribution in [0.15, 0.2) is 42.5 Å². The third kappa shape index (κ3) is 3.70. The highest BCUT2D eigenvalue weighted by molar-refractivity contribution is 7.89. The zero-order valence-corrected chi connectivity index (χ0v) is 12.7. The van der Waals surface area contributed by atoms with Gasteiger partial charge in [0.05, 0.1) is 5.75 Å².